The molecule has 1 aliphatic carbocycles. The first kappa shape index (κ1) is 18.7. The molecular formula is C24H31N3O2. The number of hydrogen-bond donors (Lipinski definition) is 0. The molecule has 3 aliphatic rings. The number of para-hydroxylation sites is 1. The van der Waals surface area contributed by atoms with E-state index in [2.05, 4.69) is 28.9 Å². The molecule has 5 nitrogen and oxygen atoms in total. The van der Waals surface area contributed by atoms with Crippen LogP contribution < -0.4 is 9.64 Å². The summed E-state index contributed by atoms with van der Waals surface area (Å²) in [4.78, 5) is 22.9. The number of methoxy groups -OCH3 is 1. The Morgan fingerprint density at radius 2 is 2.07 bits per heavy atom. The zero-order chi connectivity index (χ0) is 20.0. The molecule has 0 N–H and O–H groups in total. The highest BCUT2D eigenvalue weighted by Crippen LogP contribution is 2.43. The molecule has 0 bridgehead atoms. The highest BCUT2D eigenvalue weighted by molar-refractivity contribution is 5.89. The first-order valence-electron chi connectivity index (χ1n) is 11.1. The summed E-state index contributed by atoms with van der Waals surface area (Å²) in [6.45, 7) is 5.74. The van der Waals surface area contributed by atoms with Gasteiger partial charge in [0.25, 0.3) is 0 Å². The molecule has 2 aliphatic heterocycles. The zero-order valence-corrected chi connectivity index (χ0v) is 17.6. The molecule has 5 rings (SSSR count). The number of carbonyl (C=O) groups is 1. The van der Waals surface area contributed by atoms with Crippen LogP contribution in [0.3, 0.4) is 0 Å². The van der Waals surface area contributed by atoms with E-state index in [4.69, 9.17) is 9.72 Å². The van der Waals surface area contributed by atoms with E-state index in [1.807, 2.05) is 12.1 Å². The van der Waals surface area contributed by atoms with Crippen molar-refractivity contribution in [1.29, 1.82) is 0 Å². The molecule has 2 aromatic rings. The summed E-state index contributed by atoms with van der Waals surface area (Å²) < 4.78 is 5.55. The van der Waals surface area contributed by atoms with Crippen molar-refractivity contribution in [1.82, 2.24) is 9.88 Å². The van der Waals surface area contributed by atoms with Crippen molar-refractivity contribution in [3.8, 4) is 5.75 Å². The van der Waals surface area contributed by atoms with Gasteiger partial charge in [-0.1, -0.05) is 18.6 Å². The lowest BCUT2D eigenvalue weighted by atomic mass is 9.77. The van der Waals surface area contributed by atoms with Crippen molar-refractivity contribution >= 4 is 22.6 Å². The van der Waals surface area contributed by atoms with Crippen molar-refractivity contribution in [2.24, 2.45) is 11.3 Å². The second-order valence-corrected chi connectivity index (χ2v) is 9.26. The molecule has 1 amide bonds. The predicted molar refractivity (Wildman–Crippen MR) is 115 cm³/mol. The Labute approximate surface area is 173 Å². The van der Waals surface area contributed by atoms with Crippen molar-refractivity contribution in [2.45, 2.75) is 45.4 Å². The molecule has 3 heterocycles. The minimum Gasteiger partial charge on any atom is -0.494 e. The summed E-state index contributed by atoms with van der Waals surface area (Å²) in [5.74, 6) is 2.92. The Balaban J connectivity index is 1.40. The smallest absolute Gasteiger partial charge is 0.230 e. The van der Waals surface area contributed by atoms with Gasteiger partial charge in [-0.15, -0.1) is 0 Å². The zero-order valence-electron chi connectivity index (χ0n) is 17.6. The van der Waals surface area contributed by atoms with Crippen LogP contribution in [-0.4, -0.2) is 49.1 Å². The minimum absolute atomic E-state index is 0.215. The van der Waals surface area contributed by atoms with Crippen molar-refractivity contribution in [2.75, 3.05) is 38.2 Å². The van der Waals surface area contributed by atoms with Crippen molar-refractivity contribution < 1.29 is 9.53 Å². The SMILES string of the molecule is COc1cccc2c(C)cc(N3CC[C@]4(CCCN(CC5CCC5)C4=O)C3)nc12. The maximum absolute atomic E-state index is 13.4. The predicted octanol–water partition coefficient (Wildman–Crippen LogP) is 4.17. The first-order chi connectivity index (χ1) is 14.1. The van der Waals surface area contributed by atoms with E-state index in [1.165, 1.54) is 24.8 Å². The number of likely N-dealkylation sites (tertiary alicyclic amines) is 1. The summed E-state index contributed by atoms with van der Waals surface area (Å²) in [6, 6.07) is 8.24. The van der Waals surface area contributed by atoms with Gasteiger partial charge in [0.2, 0.25) is 5.91 Å². The first-order valence-corrected chi connectivity index (χ1v) is 11.1. The molecule has 29 heavy (non-hydrogen) atoms. The van der Waals surface area contributed by atoms with Gasteiger partial charge in [-0.2, -0.15) is 0 Å². The molecule has 1 saturated carbocycles. The summed E-state index contributed by atoms with van der Waals surface area (Å²) in [5, 5.41) is 1.13. The minimum atomic E-state index is -0.215. The van der Waals surface area contributed by atoms with Crippen LogP contribution in [0.4, 0.5) is 5.82 Å². The van der Waals surface area contributed by atoms with E-state index in [-0.39, 0.29) is 5.41 Å². The second kappa shape index (κ2) is 7.19. The number of ether oxygens (including phenoxy) is 1. The fourth-order valence-electron chi connectivity index (χ4n) is 5.46. The summed E-state index contributed by atoms with van der Waals surface area (Å²) in [6.07, 6.45) is 7.01. The number of carbonyl (C=O) groups excluding carboxylic acids is 1. The molecule has 2 saturated heterocycles. The number of piperidine rings is 1. The van der Waals surface area contributed by atoms with Gasteiger partial charge < -0.3 is 14.5 Å². The number of nitrogens with zero attached hydrogens (tertiary/aromatic N) is 3. The van der Waals surface area contributed by atoms with Crippen LogP contribution in [0, 0.1) is 18.3 Å². The standard InChI is InChI=1S/C24H31N3O2/c1-17-14-21(25-22-19(17)8-4-9-20(22)29-2)27-13-11-24(16-27)10-5-12-26(23(24)28)15-18-6-3-7-18/h4,8-9,14,18H,3,5-7,10-13,15-16H2,1-2H3/t24-/m1/s1. The van der Waals surface area contributed by atoms with Gasteiger partial charge in [-0.25, -0.2) is 4.98 Å². The fourth-order valence-corrected chi connectivity index (χ4v) is 5.46. The highest BCUT2D eigenvalue weighted by Gasteiger charge is 2.49. The number of hydrogen-bond acceptors (Lipinski definition) is 4. The van der Waals surface area contributed by atoms with Gasteiger partial charge in [-0.05, 0) is 62.6 Å². The van der Waals surface area contributed by atoms with E-state index in [9.17, 15) is 4.79 Å². The van der Waals surface area contributed by atoms with Gasteiger partial charge in [-0.3, -0.25) is 4.79 Å². The number of pyridine rings is 1. The molecule has 0 unspecified atom stereocenters. The van der Waals surface area contributed by atoms with E-state index in [0.717, 1.165) is 73.8 Å². The summed E-state index contributed by atoms with van der Waals surface area (Å²) in [7, 11) is 1.70. The number of rotatable bonds is 4. The van der Waals surface area contributed by atoms with Crippen LogP contribution in [0.2, 0.25) is 0 Å². The summed E-state index contributed by atoms with van der Waals surface area (Å²) >= 11 is 0. The maximum Gasteiger partial charge on any atom is 0.230 e. The monoisotopic (exact) mass is 393 g/mol. The molecule has 1 aromatic carbocycles. The average molecular weight is 394 g/mol. The number of fused-ring (bicyclic) bond motifs is 1. The van der Waals surface area contributed by atoms with E-state index in [1.54, 1.807) is 7.11 Å². The molecule has 1 aromatic heterocycles. The lowest BCUT2D eigenvalue weighted by molar-refractivity contribution is -0.146. The molecule has 1 spiro atoms. The molecule has 0 radical (unpaired) electrons. The van der Waals surface area contributed by atoms with Crippen LogP contribution >= 0.6 is 0 Å². The van der Waals surface area contributed by atoms with Gasteiger partial charge in [0, 0.05) is 31.6 Å². The highest BCUT2D eigenvalue weighted by atomic mass is 16.5. The van der Waals surface area contributed by atoms with Crippen LogP contribution in [0.1, 0.15) is 44.1 Å². The Kier molecular flexibility index (Phi) is 4.64. The Morgan fingerprint density at radius 1 is 1.21 bits per heavy atom. The van der Waals surface area contributed by atoms with Crippen LogP contribution in [0.5, 0.6) is 5.75 Å². The lowest BCUT2D eigenvalue weighted by Gasteiger charge is -2.42. The lowest BCUT2D eigenvalue weighted by Crippen LogP contribution is -2.51. The maximum atomic E-state index is 13.4. The third-order valence-electron chi connectivity index (χ3n) is 7.42. The van der Waals surface area contributed by atoms with Crippen LogP contribution in [-0.2, 0) is 4.79 Å². The topological polar surface area (TPSA) is 45.7 Å². The number of aromatic nitrogens is 1. The van der Waals surface area contributed by atoms with Crippen molar-refractivity contribution in [3.63, 3.8) is 0 Å². The Bertz CT molecular complexity index is 939. The Morgan fingerprint density at radius 3 is 2.83 bits per heavy atom. The molecular weight excluding hydrogens is 362 g/mol. The second-order valence-electron chi connectivity index (χ2n) is 9.26. The van der Waals surface area contributed by atoms with Crippen LogP contribution in [0.25, 0.3) is 10.9 Å². The third kappa shape index (κ3) is 3.15. The Hall–Kier alpha value is -2.30. The largest absolute Gasteiger partial charge is 0.494 e. The van der Waals surface area contributed by atoms with E-state index < -0.39 is 0 Å². The van der Waals surface area contributed by atoms with Gasteiger partial charge in [0.05, 0.1) is 12.5 Å². The molecule has 154 valence electrons. The van der Waals surface area contributed by atoms with Crippen LogP contribution in [0.15, 0.2) is 24.3 Å². The van der Waals surface area contributed by atoms with Gasteiger partial charge in [0.15, 0.2) is 0 Å². The van der Waals surface area contributed by atoms with E-state index >= 15 is 0 Å². The number of anilines is 1. The normalized spacial score (nSPS) is 25.1. The molecule has 5 heteroatoms. The number of amides is 1. The average Bonchev–Trinajstić information content (AvgIpc) is 3.12. The quantitative estimate of drug-likeness (QED) is 0.782. The fraction of sp³-hybridized carbons (Fsp3) is 0.583. The van der Waals surface area contributed by atoms with Gasteiger partial charge in [0.1, 0.15) is 17.1 Å². The number of benzene rings is 1. The third-order valence-corrected chi connectivity index (χ3v) is 7.42. The van der Waals surface area contributed by atoms with Gasteiger partial charge >= 0.3 is 0 Å². The number of aryl methyl sites for hydroxylation is 1. The molecule has 1 atom stereocenters. The van der Waals surface area contributed by atoms with Crippen molar-refractivity contribution in [3.05, 3.63) is 29.8 Å². The molecule has 3 fully saturated rings. The summed E-state index contributed by atoms with van der Waals surface area (Å²) in [5.41, 5.74) is 1.90. The van der Waals surface area contributed by atoms with E-state index in [0.29, 0.717) is 5.91 Å².